The fraction of sp³-hybridized carbons (Fsp3) is 0.267. The number of aromatic nitrogens is 2. The van der Waals surface area contributed by atoms with Gasteiger partial charge < -0.3 is 5.32 Å². The topological polar surface area (TPSA) is 61.6 Å². The minimum Gasteiger partial charge on any atom is -0.366 e. The van der Waals surface area contributed by atoms with Crippen LogP contribution >= 0.6 is 11.8 Å². The van der Waals surface area contributed by atoms with Crippen molar-refractivity contribution in [1.82, 2.24) is 9.97 Å². The van der Waals surface area contributed by atoms with Crippen LogP contribution in [0.4, 0.5) is 5.82 Å². The first-order valence-corrected chi connectivity index (χ1v) is 7.32. The normalized spacial score (nSPS) is 15.3. The van der Waals surface area contributed by atoms with E-state index in [1.165, 1.54) is 23.9 Å². The van der Waals surface area contributed by atoms with Gasteiger partial charge in [-0.1, -0.05) is 18.2 Å². The summed E-state index contributed by atoms with van der Waals surface area (Å²) in [7, 11) is 0. The molecule has 1 saturated carbocycles. The summed E-state index contributed by atoms with van der Waals surface area (Å²) >= 11 is 1.90. The second-order valence-corrected chi connectivity index (χ2v) is 6.36. The summed E-state index contributed by atoms with van der Waals surface area (Å²) in [4.78, 5) is 9.48. The number of nitrogens with one attached hydrogen (secondary N) is 1. The van der Waals surface area contributed by atoms with Crippen molar-refractivity contribution in [1.29, 1.82) is 5.26 Å². The summed E-state index contributed by atoms with van der Waals surface area (Å²) in [6.45, 7) is 0.805. The van der Waals surface area contributed by atoms with E-state index >= 15 is 0 Å². The number of benzene rings is 1. The van der Waals surface area contributed by atoms with Gasteiger partial charge in [0.15, 0.2) is 11.5 Å². The Morgan fingerprint density at radius 2 is 1.95 bits per heavy atom. The molecule has 100 valence electrons. The van der Waals surface area contributed by atoms with Gasteiger partial charge in [-0.2, -0.15) is 5.26 Å². The van der Waals surface area contributed by atoms with Gasteiger partial charge in [0.05, 0.1) is 0 Å². The van der Waals surface area contributed by atoms with E-state index in [0.29, 0.717) is 11.5 Å². The molecule has 0 aliphatic heterocycles. The third-order valence-electron chi connectivity index (χ3n) is 3.27. The molecule has 0 spiro atoms. The first-order valence-electron chi connectivity index (χ1n) is 6.50. The Hall–Kier alpha value is -2.06. The second-order valence-electron chi connectivity index (χ2n) is 4.82. The zero-order valence-electron chi connectivity index (χ0n) is 10.9. The Morgan fingerprint density at radius 1 is 1.20 bits per heavy atom. The molecular formula is C15H14N4S. The van der Waals surface area contributed by atoms with E-state index < -0.39 is 0 Å². The van der Waals surface area contributed by atoms with Crippen LogP contribution in [-0.2, 0) is 0 Å². The maximum atomic E-state index is 9.00. The molecule has 0 bridgehead atoms. The number of thioether (sulfide) groups is 1. The largest absolute Gasteiger partial charge is 0.366 e. The molecule has 1 fully saturated rings. The number of anilines is 1. The minimum absolute atomic E-state index is 0.228. The van der Waals surface area contributed by atoms with E-state index in [-0.39, 0.29) is 4.75 Å². The lowest BCUT2D eigenvalue weighted by Crippen LogP contribution is -2.19. The molecule has 3 rings (SSSR count). The number of hydrogen-bond donors (Lipinski definition) is 1. The maximum Gasteiger partial charge on any atom is 0.182 e. The first-order chi connectivity index (χ1) is 9.81. The average Bonchev–Trinajstić information content (AvgIpc) is 3.26. The fourth-order valence-electron chi connectivity index (χ4n) is 1.99. The van der Waals surface area contributed by atoms with Crippen molar-refractivity contribution in [3.63, 3.8) is 0 Å². The van der Waals surface area contributed by atoms with E-state index in [4.69, 9.17) is 5.26 Å². The van der Waals surface area contributed by atoms with Gasteiger partial charge in [-0.15, -0.1) is 11.8 Å². The van der Waals surface area contributed by atoms with Crippen LogP contribution in [0.1, 0.15) is 18.5 Å². The third-order valence-corrected chi connectivity index (χ3v) is 4.76. The van der Waals surface area contributed by atoms with Crippen LogP contribution in [0.15, 0.2) is 47.6 Å². The van der Waals surface area contributed by atoms with Gasteiger partial charge in [-0.3, -0.25) is 0 Å². The molecule has 4 nitrogen and oxygen atoms in total. The van der Waals surface area contributed by atoms with Crippen LogP contribution < -0.4 is 5.32 Å². The summed E-state index contributed by atoms with van der Waals surface area (Å²) in [5.41, 5.74) is 0.355. The van der Waals surface area contributed by atoms with Crippen LogP contribution in [0.5, 0.6) is 0 Å². The number of hydrogen-bond acceptors (Lipinski definition) is 5. The Morgan fingerprint density at radius 3 is 2.65 bits per heavy atom. The molecule has 1 heterocycles. The van der Waals surface area contributed by atoms with Crippen molar-refractivity contribution in [3.05, 3.63) is 48.4 Å². The van der Waals surface area contributed by atoms with E-state index in [2.05, 4.69) is 45.6 Å². The lowest BCUT2D eigenvalue weighted by Gasteiger charge is -2.16. The highest BCUT2D eigenvalue weighted by Crippen LogP contribution is 2.51. The van der Waals surface area contributed by atoms with Gasteiger partial charge in [0, 0.05) is 28.6 Å². The van der Waals surface area contributed by atoms with Crippen molar-refractivity contribution in [2.75, 3.05) is 11.9 Å². The van der Waals surface area contributed by atoms with Gasteiger partial charge in [-0.05, 0) is 25.0 Å². The molecule has 1 aromatic heterocycles. The quantitative estimate of drug-likeness (QED) is 0.913. The summed E-state index contributed by atoms with van der Waals surface area (Å²) in [6, 6.07) is 12.5. The zero-order chi connectivity index (χ0) is 13.8. The van der Waals surface area contributed by atoms with Crippen molar-refractivity contribution in [2.45, 2.75) is 22.5 Å². The molecule has 1 aromatic carbocycles. The Bertz CT molecular complexity index is 632. The van der Waals surface area contributed by atoms with Gasteiger partial charge in [-0.25, -0.2) is 9.97 Å². The fourth-order valence-corrected chi connectivity index (χ4v) is 3.23. The highest BCUT2D eigenvalue weighted by molar-refractivity contribution is 8.01. The molecule has 0 amide bonds. The van der Waals surface area contributed by atoms with Gasteiger partial charge in [0.1, 0.15) is 6.07 Å². The van der Waals surface area contributed by atoms with Gasteiger partial charge in [0.2, 0.25) is 0 Å². The highest BCUT2D eigenvalue weighted by Gasteiger charge is 2.43. The van der Waals surface area contributed by atoms with E-state index in [1.807, 2.05) is 17.8 Å². The number of nitrogens with zero attached hydrogens (tertiary/aromatic N) is 3. The predicted molar refractivity (Wildman–Crippen MR) is 79.5 cm³/mol. The molecule has 1 aliphatic rings. The van der Waals surface area contributed by atoms with Crippen LogP contribution in [0.3, 0.4) is 0 Å². The summed E-state index contributed by atoms with van der Waals surface area (Å²) in [5, 5.41) is 12.3. The van der Waals surface area contributed by atoms with Crippen LogP contribution in [-0.4, -0.2) is 21.3 Å². The molecule has 0 radical (unpaired) electrons. The second kappa shape index (κ2) is 5.51. The summed E-state index contributed by atoms with van der Waals surface area (Å²) < 4.78 is 0.228. The molecule has 1 N–H and O–H groups in total. The van der Waals surface area contributed by atoms with Crippen LogP contribution in [0.25, 0.3) is 0 Å². The monoisotopic (exact) mass is 282 g/mol. The zero-order valence-corrected chi connectivity index (χ0v) is 11.7. The Balaban J connectivity index is 1.65. The van der Waals surface area contributed by atoms with Crippen molar-refractivity contribution in [2.24, 2.45) is 0 Å². The minimum atomic E-state index is 0.228. The summed E-state index contributed by atoms with van der Waals surface area (Å²) in [6.07, 6.45) is 5.51. The standard InChI is InChI=1S/C15H14N4S/c16-10-13-14(18-9-8-17-13)19-11-15(6-7-15)20-12-4-2-1-3-5-12/h1-5,8-9H,6-7,11H2,(H,18,19). The third kappa shape index (κ3) is 2.91. The average molecular weight is 282 g/mol. The molecule has 1 aliphatic carbocycles. The molecule has 2 aromatic rings. The van der Waals surface area contributed by atoms with E-state index in [0.717, 1.165) is 6.54 Å². The van der Waals surface area contributed by atoms with E-state index in [9.17, 15) is 0 Å². The smallest absolute Gasteiger partial charge is 0.182 e. The lowest BCUT2D eigenvalue weighted by molar-refractivity contribution is 0.930. The molecule has 20 heavy (non-hydrogen) atoms. The lowest BCUT2D eigenvalue weighted by atomic mass is 10.3. The molecule has 0 atom stereocenters. The molecular weight excluding hydrogens is 268 g/mol. The van der Waals surface area contributed by atoms with Crippen molar-refractivity contribution in [3.8, 4) is 6.07 Å². The van der Waals surface area contributed by atoms with Crippen LogP contribution in [0.2, 0.25) is 0 Å². The van der Waals surface area contributed by atoms with Crippen molar-refractivity contribution < 1.29 is 0 Å². The molecule has 5 heteroatoms. The SMILES string of the molecule is N#Cc1nccnc1NCC1(Sc2ccccc2)CC1. The van der Waals surface area contributed by atoms with Gasteiger partial charge >= 0.3 is 0 Å². The summed E-state index contributed by atoms with van der Waals surface area (Å²) in [5.74, 6) is 0.579. The Kier molecular flexibility index (Phi) is 3.57. The molecule has 0 saturated heterocycles. The van der Waals surface area contributed by atoms with Crippen molar-refractivity contribution >= 4 is 17.6 Å². The number of nitriles is 1. The van der Waals surface area contributed by atoms with Gasteiger partial charge in [0.25, 0.3) is 0 Å². The first kappa shape index (κ1) is 12.9. The maximum absolute atomic E-state index is 9.00. The predicted octanol–water partition coefficient (Wildman–Crippen LogP) is 3.09. The van der Waals surface area contributed by atoms with Crippen LogP contribution in [0, 0.1) is 11.3 Å². The highest BCUT2D eigenvalue weighted by atomic mass is 32.2. The number of rotatable bonds is 5. The van der Waals surface area contributed by atoms with E-state index in [1.54, 1.807) is 6.20 Å². The molecule has 0 unspecified atom stereocenters. The Labute approximate surface area is 122 Å².